The Morgan fingerprint density at radius 3 is 3.12 bits per heavy atom. The van der Waals surface area contributed by atoms with Gasteiger partial charge in [-0.2, -0.15) is 0 Å². The monoisotopic (exact) mass is 221 g/mol. The molecule has 0 radical (unpaired) electrons. The van der Waals surface area contributed by atoms with Gasteiger partial charge in [-0.15, -0.1) is 0 Å². The number of ether oxygens (including phenoxy) is 1. The minimum atomic E-state index is 0.247. The average Bonchev–Trinajstić information content (AvgIpc) is 2.78. The number of hydrogen-bond donors (Lipinski definition) is 2. The van der Waals surface area contributed by atoms with Crippen molar-refractivity contribution in [2.24, 2.45) is 0 Å². The van der Waals surface area contributed by atoms with Crippen LogP contribution in [0.25, 0.3) is 0 Å². The maximum atomic E-state index is 9.39. The lowest BCUT2D eigenvalue weighted by Gasteiger charge is -2.17. The smallest absolute Gasteiger partial charge is 0.115 e. The van der Waals surface area contributed by atoms with E-state index in [1.54, 1.807) is 12.1 Å². The minimum Gasteiger partial charge on any atom is -0.508 e. The van der Waals surface area contributed by atoms with E-state index in [1.165, 1.54) is 6.42 Å². The first-order chi connectivity index (χ1) is 7.75. The summed E-state index contributed by atoms with van der Waals surface area (Å²) in [6.45, 7) is 3.88. The molecule has 16 heavy (non-hydrogen) atoms. The fourth-order valence-electron chi connectivity index (χ4n) is 2.03. The molecule has 1 aliphatic rings. The van der Waals surface area contributed by atoms with Crippen LogP contribution in [0.1, 0.15) is 31.4 Å². The van der Waals surface area contributed by atoms with Gasteiger partial charge in [0.2, 0.25) is 0 Å². The maximum absolute atomic E-state index is 9.39. The molecule has 1 aromatic carbocycles. The molecule has 0 saturated carbocycles. The van der Waals surface area contributed by atoms with Gasteiger partial charge in [0.25, 0.3) is 0 Å². The molecule has 0 amide bonds. The molecule has 1 aliphatic heterocycles. The zero-order valence-electron chi connectivity index (χ0n) is 9.65. The average molecular weight is 221 g/mol. The summed E-state index contributed by atoms with van der Waals surface area (Å²) in [5.74, 6) is 0.322. The van der Waals surface area contributed by atoms with Gasteiger partial charge in [-0.1, -0.05) is 12.1 Å². The summed E-state index contributed by atoms with van der Waals surface area (Å²) in [7, 11) is 0. The molecule has 2 N–H and O–H groups in total. The second kappa shape index (κ2) is 5.32. The first kappa shape index (κ1) is 11.4. The molecule has 3 nitrogen and oxygen atoms in total. The van der Waals surface area contributed by atoms with Crippen LogP contribution in [0, 0.1) is 0 Å². The number of phenols is 1. The molecule has 88 valence electrons. The summed E-state index contributed by atoms with van der Waals surface area (Å²) in [5.41, 5.74) is 1.11. The van der Waals surface area contributed by atoms with Crippen molar-refractivity contribution in [2.45, 2.75) is 31.9 Å². The van der Waals surface area contributed by atoms with Crippen LogP contribution in [0.15, 0.2) is 24.3 Å². The molecule has 0 aromatic heterocycles. The highest BCUT2D eigenvalue weighted by atomic mass is 16.5. The molecule has 1 heterocycles. The van der Waals surface area contributed by atoms with Crippen LogP contribution < -0.4 is 5.32 Å². The van der Waals surface area contributed by atoms with Gasteiger partial charge < -0.3 is 15.2 Å². The van der Waals surface area contributed by atoms with Crippen LogP contribution >= 0.6 is 0 Å². The van der Waals surface area contributed by atoms with Gasteiger partial charge in [-0.25, -0.2) is 0 Å². The van der Waals surface area contributed by atoms with E-state index in [1.807, 2.05) is 12.1 Å². The third-order valence-corrected chi connectivity index (χ3v) is 3.05. The fraction of sp³-hybridized carbons (Fsp3) is 0.538. The van der Waals surface area contributed by atoms with Gasteiger partial charge >= 0.3 is 0 Å². The van der Waals surface area contributed by atoms with E-state index in [4.69, 9.17) is 4.74 Å². The lowest BCUT2D eigenvalue weighted by molar-refractivity contribution is 0.108. The Kier molecular flexibility index (Phi) is 3.80. The molecule has 0 bridgehead atoms. The van der Waals surface area contributed by atoms with E-state index in [0.29, 0.717) is 11.9 Å². The first-order valence-electron chi connectivity index (χ1n) is 5.89. The predicted molar refractivity (Wildman–Crippen MR) is 63.5 cm³/mol. The Hall–Kier alpha value is -1.06. The molecule has 0 aliphatic carbocycles. The summed E-state index contributed by atoms with van der Waals surface area (Å²) >= 11 is 0. The quantitative estimate of drug-likeness (QED) is 0.819. The minimum absolute atomic E-state index is 0.247. The molecule has 2 atom stereocenters. The molecule has 2 rings (SSSR count). The van der Waals surface area contributed by atoms with Crippen molar-refractivity contribution in [1.29, 1.82) is 0 Å². The van der Waals surface area contributed by atoms with Crippen molar-refractivity contribution in [3.8, 4) is 5.75 Å². The van der Waals surface area contributed by atoms with Gasteiger partial charge in [-0.05, 0) is 37.5 Å². The van der Waals surface area contributed by atoms with E-state index in [0.717, 1.165) is 25.1 Å². The number of hydrogen-bond acceptors (Lipinski definition) is 3. The first-order valence-corrected chi connectivity index (χ1v) is 5.89. The second-order valence-electron chi connectivity index (χ2n) is 4.36. The highest BCUT2D eigenvalue weighted by Crippen LogP contribution is 2.18. The number of phenolic OH excluding ortho intramolecular Hbond substituents is 1. The van der Waals surface area contributed by atoms with Crippen molar-refractivity contribution in [2.75, 3.05) is 13.2 Å². The fourth-order valence-corrected chi connectivity index (χ4v) is 2.03. The van der Waals surface area contributed by atoms with E-state index in [9.17, 15) is 5.11 Å². The molecule has 1 fully saturated rings. The molecule has 3 heteroatoms. The van der Waals surface area contributed by atoms with Crippen LogP contribution in [0.4, 0.5) is 0 Å². The van der Waals surface area contributed by atoms with Gasteiger partial charge in [-0.3, -0.25) is 0 Å². The molecule has 1 aromatic rings. The molecular weight excluding hydrogens is 202 g/mol. The van der Waals surface area contributed by atoms with Crippen molar-refractivity contribution in [1.82, 2.24) is 5.32 Å². The van der Waals surface area contributed by atoms with Gasteiger partial charge in [0.05, 0.1) is 6.10 Å². The Bertz CT molecular complexity index is 334. The van der Waals surface area contributed by atoms with Crippen LogP contribution in [-0.4, -0.2) is 24.4 Å². The highest BCUT2D eigenvalue weighted by molar-refractivity contribution is 5.28. The van der Waals surface area contributed by atoms with Crippen molar-refractivity contribution < 1.29 is 9.84 Å². The number of aromatic hydroxyl groups is 1. The third-order valence-electron chi connectivity index (χ3n) is 3.05. The normalized spacial score (nSPS) is 22.2. The second-order valence-corrected chi connectivity index (χ2v) is 4.36. The molecule has 2 unspecified atom stereocenters. The van der Waals surface area contributed by atoms with Crippen LogP contribution in [0.5, 0.6) is 5.75 Å². The Morgan fingerprint density at radius 2 is 2.44 bits per heavy atom. The molecule has 0 spiro atoms. The summed E-state index contributed by atoms with van der Waals surface area (Å²) in [6, 6.07) is 7.63. The van der Waals surface area contributed by atoms with E-state index < -0.39 is 0 Å². The molecule has 1 saturated heterocycles. The Labute approximate surface area is 96.4 Å². The van der Waals surface area contributed by atoms with Gasteiger partial charge in [0.1, 0.15) is 5.75 Å². The summed E-state index contributed by atoms with van der Waals surface area (Å²) in [6.07, 6.45) is 2.69. The van der Waals surface area contributed by atoms with Crippen LogP contribution in [-0.2, 0) is 4.74 Å². The predicted octanol–water partition coefficient (Wildman–Crippen LogP) is 2.22. The van der Waals surface area contributed by atoms with E-state index >= 15 is 0 Å². The number of nitrogens with one attached hydrogen (secondary N) is 1. The summed E-state index contributed by atoms with van der Waals surface area (Å²) in [4.78, 5) is 0. The highest BCUT2D eigenvalue weighted by Gasteiger charge is 2.16. The number of rotatable bonds is 4. The SMILES string of the molecule is CC(NCC1CCCO1)c1cccc(O)c1. The standard InChI is InChI=1S/C13H19NO2/c1-10(11-4-2-5-12(15)8-11)14-9-13-6-3-7-16-13/h2,4-5,8,10,13-15H,3,6-7,9H2,1H3. The summed E-state index contributed by atoms with van der Waals surface area (Å²) < 4.78 is 5.55. The van der Waals surface area contributed by atoms with Crippen LogP contribution in [0.2, 0.25) is 0 Å². The van der Waals surface area contributed by atoms with E-state index in [2.05, 4.69) is 12.2 Å². The Balaban J connectivity index is 1.85. The lowest BCUT2D eigenvalue weighted by Crippen LogP contribution is -2.28. The largest absolute Gasteiger partial charge is 0.508 e. The van der Waals surface area contributed by atoms with Gasteiger partial charge in [0, 0.05) is 19.2 Å². The Morgan fingerprint density at radius 1 is 1.56 bits per heavy atom. The van der Waals surface area contributed by atoms with Gasteiger partial charge in [0.15, 0.2) is 0 Å². The van der Waals surface area contributed by atoms with Crippen molar-refractivity contribution >= 4 is 0 Å². The number of benzene rings is 1. The van der Waals surface area contributed by atoms with Crippen molar-refractivity contribution in [3.05, 3.63) is 29.8 Å². The zero-order valence-corrected chi connectivity index (χ0v) is 9.65. The zero-order chi connectivity index (χ0) is 11.4. The molecular formula is C13H19NO2. The van der Waals surface area contributed by atoms with Crippen molar-refractivity contribution in [3.63, 3.8) is 0 Å². The summed E-state index contributed by atoms with van der Waals surface area (Å²) in [5, 5.41) is 12.8. The van der Waals surface area contributed by atoms with E-state index in [-0.39, 0.29) is 6.04 Å². The van der Waals surface area contributed by atoms with Crippen LogP contribution in [0.3, 0.4) is 0 Å². The topological polar surface area (TPSA) is 41.5 Å². The lowest BCUT2D eigenvalue weighted by atomic mass is 10.1. The third kappa shape index (κ3) is 2.97. The maximum Gasteiger partial charge on any atom is 0.115 e.